The average Bonchev–Trinajstić information content (AvgIpc) is 2.57. The van der Waals surface area contributed by atoms with E-state index in [1.165, 1.54) is 0 Å². The van der Waals surface area contributed by atoms with Crippen molar-refractivity contribution in [3.05, 3.63) is 12.2 Å². The Bertz CT molecular complexity index is 416. The Morgan fingerprint density at radius 3 is 2.44 bits per heavy atom. The first-order chi connectivity index (χ1) is 8.23. The van der Waals surface area contributed by atoms with E-state index in [1.54, 1.807) is 0 Å². The van der Waals surface area contributed by atoms with Crippen molar-refractivity contribution in [2.24, 2.45) is 22.2 Å². The summed E-state index contributed by atoms with van der Waals surface area (Å²) in [6, 6.07) is 0. The second kappa shape index (κ2) is 3.20. The predicted molar refractivity (Wildman–Crippen MR) is 68.8 cm³/mol. The van der Waals surface area contributed by atoms with E-state index in [0.717, 1.165) is 19.3 Å². The smallest absolute Gasteiger partial charge is 0.0811 e. The molecule has 3 N–H and O–H groups in total. The van der Waals surface area contributed by atoms with Crippen molar-refractivity contribution < 1.29 is 15.3 Å². The lowest BCUT2D eigenvalue weighted by Gasteiger charge is -2.70. The van der Waals surface area contributed by atoms with Gasteiger partial charge in [0, 0.05) is 11.3 Å². The van der Waals surface area contributed by atoms with E-state index in [-0.39, 0.29) is 23.4 Å². The molecule has 3 nitrogen and oxygen atoms in total. The van der Waals surface area contributed by atoms with Gasteiger partial charge in [-0.25, -0.2) is 0 Å². The molecule has 0 aliphatic heterocycles. The Morgan fingerprint density at radius 1 is 1.22 bits per heavy atom. The van der Waals surface area contributed by atoms with Gasteiger partial charge in [0.05, 0.1) is 18.3 Å². The number of allylic oxidation sites excluding steroid dienone is 1. The molecule has 0 bridgehead atoms. The molecule has 0 unspecified atom stereocenters. The summed E-state index contributed by atoms with van der Waals surface area (Å²) in [7, 11) is 0. The Morgan fingerprint density at radius 2 is 1.89 bits per heavy atom. The fraction of sp³-hybridized carbons (Fsp3) is 0.867. The summed E-state index contributed by atoms with van der Waals surface area (Å²) >= 11 is 0. The van der Waals surface area contributed by atoms with Crippen LogP contribution in [0.1, 0.15) is 40.0 Å². The topological polar surface area (TPSA) is 60.7 Å². The molecule has 0 heterocycles. The summed E-state index contributed by atoms with van der Waals surface area (Å²) in [5.74, 6) is -0.00579. The van der Waals surface area contributed by atoms with Gasteiger partial charge in [0.1, 0.15) is 0 Å². The number of hydrogen-bond acceptors (Lipinski definition) is 3. The van der Waals surface area contributed by atoms with Crippen molar-refractivity contribution in [3.8, 4) is 0 Å². The Labute approximate surface area is 109 Å². The maximum absolute atomic E-state index is 11.0. The fourth-order valence-corrected chi connectivity index (χ4v) is 5.04. The van der Waals surface area contributed by atoms with Crippen molar-refractivity contribution in [2.45, 2.75) is 51.7 Å². The summed E-state index contributed by atoms with van der Waals surface area (Å²) < 4.78 is 0. The lowest BCUT2D eigenvalue weighted by atomic mass is 9.36. The van der Waals surface area contributed by atoms with E-state index in [1.807, 2.05) is 6.08 Å². The third kappa shape index (κ3) is 1.04. The molecule has 0 aromatic rings. The molecule has 2 fully saturated rings. The fourth-order valence-electron chi connectivity index (χ4n) is 5.04. The highest BCUT2D eigenvalue weighted by Crippen LogP contribution is 2.72. The van der Waals surface area contributed by atoms with Gasteiger partial charge >= 0.3 is 0 Å². The summed E-state index contributed by atoms with van der Waals surface area (Å²) in [4.78, 5) is 0. The van der Waals surface area contributed by atoms with Gasteiger partial charge in [-0.2, -0.15) is 0 Å². The van der Waals surface area contributed by atoms with Crippen LogP contribution in [0.25, 0.3) is 0 Å². The number of hydrogen-bond donors (Lipinski definition) is 3. The van der Waals surface area contributed by atoms with Crippen molar-refractivity contribution in [2.75, 3.05) is 6.61 Å². The van der Waals surface area contributed by atoms with Gasteiger partial charge in [0.2, 0.25) is 0 Å². The van der Waals surface area contributed by atoms with Crippen LogP contribution in [0.2, 0.25) is 0 Å². The van der Waals surface area contributed by atoms with Crippen LogP contribution in [0.4, 0.5) is 0 Å². The third-order valence-electron chi connectivity index (χ3n) is 6.61. The molecule has 2 saturated carbocycles. The van der Waals surface area contributed by atoms with Gasteiger partial charge in [-0.1, -0.05) is 32.9 Å². The molecule has 0 aromatic carbocycles. The standard InChI is InChI=1S/C15H24O3/c1-12(2)8-10-14(9-16)11(17)4-5-13(14,3)6-7-15(10,12)18/h4-5,10-11,16-18H,6-9H2,1-3H3/t10-,11-,13+,14+,15+/m1/s1. The summed E-state index contributed by atoms with van der Waals surface area (Å²) in [5, 5.41) is 31.4. The van der Waals surface area contributed by atoms with Crippen LogP contribution in [-0.2, 0) is 0 Å². The zero-order chi connectivity index (χ0) is 13.4. The van der Waals surface area contributed by atoms with E-state index in [2.05, 4.69) is 26.8 Å². The molecular formula is C15H24O3. The summed E-state index contributed by atoms with van der Waals surface area (Å²) in [6.45, 7) is 6.24. The summed E-state index contributed by atoms with van der Waals surface area (Å²) in [6.07, 6.45) is 5.70. The number of aliphatic hydroxyl groups is 3. The minimum absolute atomic E-state index is 0.00579. The summed E-state index contributed by atoms with van der Waals surface area (Å²) in [5.41, 5.74) is -1.62. The van der Waals surface area contributed by atoms with E-state index in [4.69, 9.17) is 0 Å². The zero-order valence-corrected chi connectivity index (χ0v) is 11.5. The second-order valence-corrected chi connectivity index (χ2v) is 7.48. The van der Waals surface area contributed by atoms with E-state index in [0.29, 0.717) is 0 Å². The molecule has 0 radical (unpaired) electrons. The maximum atomic E-state index is 11.0. The molecule has 3 aliphatic carbocycles. The van der Waals surface area contributed by atoms with Crippen LogP contribution in [-0.4, -0.2) is 33.6 Å². The molecule has 0 aromatic heterocycles. The highest BCUT2D eigenvalue weighted by molar-refractivity contribution is 5.31. The van der Waals surface area contributed by atoms with Crippen LogP contribution in [0.3, 0.4) is 0 Å². The van der Waals surface area contributed by atoms with Gasteiger partial charge in [-0.3, -0.25) is 0 Å². The van der Waals surface area contributed by atoms with Gasteiger partial charge in [0.15, 0.2) is 0 Å². The average molecular weight is 252 g/mol. The lowest BCUT2D eigenvalue weighted by Crippen LogP contribution is -2.74. The van der Waals surface area contributed by atoms with Crippen molar-refractivity contribution in [1.29, 1.82) is 0 Å². The van der Waals surface area contributed by atoms with Gasteiger partial charge in [-0.15, -0.1) is 0 Å². The quantitative estimate of drug-likeness (QED) is 0.619. The van der Waals surface area contributed by atoms with Gasteiger partial charge < -0.3 is 15.3 Å². The molecule has 0 saturated heterocycles. The molecule has 3 heteroatoms. The third-order valence-corrected chi connectivity index (χ3v) is 6.61. The van der Waals surface area contributed by atoms with Gasteiger partial charge in [-0.05, 0) is 30.1 Å². The Kier molecular flexibility index (Phi) is 2.24. The van der Waals surface area contributed by atoms with Gasteiger partial charge in [0.25, 0.3) is 0 Å². The lowest BCUT2D eigenvalue weighted by molar-refractivity contribution is -0.303. The van der Waals surface area contributed by atoms with Crippen LogP contribution in [0.5, 0.6) is 0 Å². The van der Waals surface area contributed by atoms with E-state index in [9.17, 15) is 15.3 Å². The van der Waals surface area contributed by atoms with Crippen LogP contribution >= 0.6 is 0 Å². The molecule has 3 rings (SSSR count). The van der Waals surface area contributed by atoms with Crippen molar-refractivity contribution >= 4 is 0 Å². The number of rotatable bonds is 1. The first-order valence-corrected chi connectivity index (χ1v) is 6.94. The molecule has 5 atom stereocenters. The first kappa shape index (κ1) is 12.6. The first-order valence-electron chi connectivity index (χ1n) is 6.94. The molecule has 0 amide bonds. The highest BCUT2D eigenvalue weighted by atomic mass is 16.3. The van der Waals surface area contributed by atoms with Crippen LogP contribution in [0.15, 0.2) is 12.2 Å². The minimum Gasteiger partial charge on any atom is -0.396 e. The SMILES string of the molecule is CC1(C)C[C@@H]2[C@@]3(CO)[C@H](O)C=C[C@@]3(C)CC[C@]21O. The predicted octanol–water partition coefficient (Wildman–Crippen LogP) is 1.47. The molecule has 102 valence electrons. The molecule has 18 heavy (non-hydrogen) atoms. The number of fused-ring (bicyclic) bond motifs is 3. The normalized spacial score (nSPS) is 56.8. The van der Waals surface area contributed by atoms with Crippen molar-refractivity contribution in [3.63, 3.8) is 0 Å². The Hall–Kier alpha value is -0.380. The van der Waals surface area contributed by atoms with E-state index >= 15 is 0 Å². The Balaban J connectivity index is 2.08. The largest absolute Gasteiger partial charge is 0.396 e. The molecule has 3 aliphatic rings. The number of aliphatic hydroxyl groups excluding tert-OH is 2. The zero-order valence-electron chi connectivity index (χ0n) is 11.5. The van der Waals surface area contributed by atoms with Crippen LogP contribution < -0.4 is 0 Å². The second-order valence-electron chi connectivity index (χ2n) is 7.48. The monoisotopic (exact) mass is 252 g/mol. The highest BCUT2D eigenvalue weighted by Gasteiger charge is 2.74. The maximum Gasteiger partial charge on any atom is 0.0811 e. The minimum atomic E-state index is -0.734. The van der Waals surface area contributed by atoms with Crippen molar-refractivity contribution in [1.82, 2.24) is 0 Å². The van der Waals surface area contributed by atoms with E-state index < -0.39 is 17.1 Å². The van der Waals surface area contributed by atoms with Crippen LogP contribution in [0, 0.1) is 22.2 Å². The molecular weight excluding hydrogens is 228 g/mol. The molecule has 0 spiro atoms.